The van der Waals surface area contributed by atoms with Crippen LogP contribution in [0, 0.1) is 0 Å². The average molecular weight is 264 g/mol. The Morgan fingerprint density at radius 1 is 0.944 bits per heavy atom. The maximum atomic E-state index is 12.0. The van der Waals surface area contributed by atoms with Gasteiger partial charge in [0.05, 0.1) is 4.75 Å². The second-order valence-electron chi connectivity index (χ2n) is 5.13. The van der Waals surface area contributed by atoms with Crippen molar-refractivity contribution in [2.24, 2.45) is 0 Å². The van der Waals surface area contributed by atoms with Crippen LogP contribution in [0.25, 0.3) is 10.8 Å². The number of fused-ring (bicyclic) bond motifs is 1. The lowest BCUT2D eigenvalue weighted by atomic mass is 10.1. The summed E-state index contributed by atoms with van der Waals surface area (Å²) < 4.78 is 28.4. The van der Waals surface area contributed by atoms with Crippen molar-refractivity contribution in [2.45, 2.75) is 25.5 Å². The van der Waals surface area contributed by atoms with E-state index in [2.05, 4.69) is 0 Å². The maximum absolute atomic E-state index is 12.0. The third-order valence-corrected chi connectivity index (χ3v) is 4.60. The minimum absolute atomic E-state index is 0.378. The van der Waals surface area contributed by atoms with Crippen molar-refractivity contribution in [3.63, 3.8) is 0 Å². The number of hydrogen-bond acceptors (Lipinski definition) is 3. The van der Waals surface area contributed by atoms with Crippen molar-refractivity contribution < 1.29 is 12.6 Å². The van der Waals surface area contributed by atoms with E-state index in [-0.39, 0.29) is 0 Å². The summed E-state index contributed by atoms with van der Waals surface area (Å²) in [7, 11) is -3.64. The Morgan fingerprint density at radius 3 is 2.22 bits per heavy atom. The van der Waals surface area contributed by atoms with E-state index in [9.17, 15) is 8.42 Å². The molecule has 2 rings (SSSR count). The third-order valence-electron chi connectivity index (χ3n) is 2.70. The topological polar surface area (TPSA) is 43.4 Å². The summed E-state index contributed by atoms with van der Waals surface area (Å²) in [6.45, 7) is 4.86. The molecule has 0 aliphatic carbocycles. The van der Waals surface area contributed by atoms with Gasteiger partial charge in [-0.15, -0.1) is 0 Å². The predicted octanol–water partition coefficient (Wildman–Crippen LogP) is 3.35. The quantitative estimate of drug-likeness (QED) is 0.781. The zero-order valence-electron chi connectivity index (χ0n) is 10.7. The van der Waals surface area contributed by atoms with Crippen LogP contribution < -0.4 is 4.18 Å². The molecule has 0 N–H and O–H groups in total. The van der Waals surface area contributed by atoms with Gasteiger partial charge in [0.15, 0.2) is 0 Å². The molecule has 0 aliphatic rings. The molecule has 0 saturated carbocycles. The summed E-state index contributed by atoms with van der Waals surface area (Å²) in [6.07, 6.45) is 0. The van der Waals surface area contributed by atoms with Crippen molar-refractivity contribution in [2.75, 3.05) is 0 Å². The van der Waals surface area contributed by atoms with Crippen LogP contribution in [0.1, 0.15) is 20.8 Å². The lowest BCUT2D eigenvalue weighted by molar-refractivity contribution is 0.456. The molecule has 0 spiro atoms. The van der Waals surface area contributed by atoms with Crippen molar-refractivity contribution >= 4 is 20.9 Å². The van der Waals surface area contributed by atoms with Crippen molar-refractivity contribution in [1.29, 1.82) is 0 Å². The second kappa shape index (κ2) is 4.28. The summed E-state index contributed by atoms with van der Waals surface area (Å²) in [6, 6.07) is 12.9. The van der Waals surface area contributed by atoms with E-state index in [1.165, 1.54) is 0 Å². The van der Waals surface area contributed by atoms with Gasteiger partial charge in [-0.05, 0) is 32.2 Å². The van der Waals surface area contributed by atoms with Gasteiger partial charge in [0.1, 0.15) is 5.75 Å². The summed E-state index contributed by atoms with van der Waals surface area (Å²) in [4.78, 5) is 0. The smallest absolute Gasteiger partial charge is 0.314 e. The van der Waals surface area contributed by atoms with Crippen molar-refractivity contribution in [1.82, 2.24) is 0 Å². The molecule has 0 fully saturated rings. The van der Waals surface area contributed by atoms with E-state index in [1.807, 2.05) is 30.3 Å². The molecule has 96 valence electrons. The van der Waals surface area contributed by atoms with Gasteiger partial charge in [0.25, 0.3) is 0 Å². The van der Waals surface area contributed by atoms with Gasteiger partial charge >= 0.3 is 10.1 Å². The van der Waals surface area contributed by atoms with E-state index in [0.29, 0.717) is 5.75 Å². The van der Waals surface area contributed by atoms with E-state index in [1.54, 1.807) is 32.9 Å². The molecule has 2 aromatic rings. The van der Waals surface area contributed by atoms with E-state index in [4.69, 9.17) is 4.18 Å². The fourth-order valence-corrected chi connectivity index (χ4v) is 2.14. The summed E-state index contributed by atoms with van der Waals surface area (Å²) >= 11 is 0. The first-order valence-corrected chi connectivity index (χ1v) is 7.14. The first-order valence-electron chi connectivity index (χ1n) is 5.73. The molecular formula is C14H16O3S. The Morgan fingerprint density at radius 2 is 1.56 bits per heavy atom. The van der Waals surface area contributed by atoms with Gasteiger partial charge in [0.2, 0.25) is 0 Å². The fraction of sp³-hybridized carbons (Fsp3) is 0.286. The molecule has 18 heavy (non-hydrogen) atoms. The molecule has 3 nitrogen and oxygen atoms in total. The molecule has 0 atom stereocenters. The van der Waals surface area contributed by atoms with Crippen LogP contribution in [-0.4, -0.2) is 13.2 Å². The molecule has 4 heteroatoms. The van der Waals surface area contributed by atoms with Gasteiger partial charge in [-0.3, -0.25) is 0 Å². The molecule has 0 heterocycles. The van der Waals surface area contributed by atoms with Gasteiger partial charge in [-0.2, -0.15) is 8.42 Å². The number of rotatable bonds is 2. The lowest BCUT2D eigenvalue weighted by Crippen LogP contribution is -2.32. The fourth-order valence-electron chi connectivity index (χ4n) is 1.51. The summed E-state index contributed by atoms with van der Waals surface area (Å²) in [5.41, 5.74) is 0. The molecule has 0 amide bonds. The highest BCUT2D eigenvalue weighted by molar-refractivity contribution is 7.88. The Kier molecular flexibility index (Phi) is 3.07. The minimum atomic E-state index is -3.64. The Balaban J connectivity index is 2.51. The molecular weight excluding hydrogens is 248 g/mol. The zero-order chi connectivity index (χ0) is 13.4. The zero-order valence-corrected chi connectivity index (χ0v) is 11.5. The Bertz CT molecular complexity index is 661. The van der Waals surface area contributed by atoms with Crippen LogP contribution in [0.2, 0.25) is 0 Å². The maximum Gasteiger partial charge on any atom is 0.314 e. The number of benzene rings is 2. The van der Waals surface area contributed by atoms with Crippen molar-refractivity contribution in [3.8, 4) is 5.75 Å². The average Bonchev–Trinajstić information content (AvgIpc) is 2.27. The minimum Gasteiger partial charge on any atom is -0.381 e. The Hall–Kier alpha value is -1.55. The van der Waals surface area contributed by atoms with Gasteiger partial charge < -0.3 is 4.18 Å². The van der Waals surface area contributed by atoms with Gasteiger partial charge in [-0.25, -0.2) is 0 Å². The highest BCUT2D eigenvalue weighted by Gasteiger charge is 2.31. The Labute approximate surface area is 108 Å². The first kappa shape index (κ1) is 12.9. The first-order chi connectivity index (χ1) is 8.31. The largest absolute Gasteiger partial charge is 0.381 e. The van der Waals surface area contributed by atoms with Crippen molar-refractivity contribution in [3.05, 3.63) is 42.5 Å². The molecule has 2 aromatic carbocycles. The molecule has 0 unspecified atom stereocenters. The standard InChI is InChI=1S/C14H16O3S/c1-14(2,3)18(15,16)17-13-10-6-8-11-7-4-5-9-12(11)13/h4-10H,1-3H3. The van der Waals surface area contributed by atoms with Crippen LogP contribution in [0.3, 0.4) is 0 Å². The number of hydrogen-bond donors (Lipinski definition) is 0. The summed E-state index contributed by atoms with van der Waals surface area (Å²) in [5, 5.41) is 1.76. The SMILES string of the molecule is CC(C)(C)S(=O)(=O)Oc1cccc2ccccc12. The molecule has 0 bridgehead atoms. The van der Waals surface area contributed by atoms with Gasteiger partial charge in [-0.1, -0.05) is 36.4 Å². The highest BCUT2D eigenvalue weighted by atomic mass is 32.2. The molecule has 0 aliphatic heterocycles. The van der Waals surface area contributed by atoms with Crippen LogP contribution in [0.5, 0.6) is 5.75 Å². The molecule has 0 aromatic heterocycles. The van der Waals surface area contributed by atoms with Crippen LogP contribution >= 0.6 is 0 Å². The van der Waals surface area contributed by atoms with E-state index < -0.39 is 14.9 Å². The van der Waals surface area contributed by atoms with Crippen LogP contribution in [0.4, 0.5) is 0 Å². The predicted molar refractivity (Wildman–Crippen MR) is 73.2 cm³/mol. The monoisotopic (exact) mass is 264 g/mol. The third kappa shape index (κ3) is 2.34. The van der Waals surface area contributed by atoms with E-state index in [0.717, 1.165) is 10.8 Å². The van der Waals surface area contributed by atoms with E-state index >= 15 is 0 Å². The van der Waals surface area contributed by atoms with Gasteiger partial charge in [0, 0.05) is 5.39 Å². The summed E-state index contributed by atoms with van der Waals surface area (Å²) in [5.74, 6) is 0.378. The second-order valence-corrected chi connectivity index (χ2v) is 7.43. The van der Waals surface area contributed by atoms with Crippen LogP contribution in [-0.2, 0) is 10.1 Å². The lowest BCUT2D eigenvalue weighted by Gasteiger charge is -2.19. The normalized spacial score (nSPS) is 12.6. The molecule has 0 radical (unpaired) electrons. The van der Waals surface area contributed by atoms with Crippen LogP contribution in [0.15, 0.2) is 42.5 Å². The highest BCUT2D eigenvalue weighted by Crippen LogP contribution is 2.29. The molecule has 0 saturated heterocycles.